The summed E-state index contributed by atoms with van der Waals surface area (Å²) in [5.74, 6) is 0.882. The van der Waals surface area contributed by atoms with Crippen molar-refractivity contribution in [3.63, 3.8) is 0 Å². The zero-order chi connectivity index (χ0) is 13.4. The lowest BCUT2D eigenvalue weighted by Crippen LogP contribution is -2.17. The maximum absolute atomic E-state index is 6.06. The first kappa shape index (κ1) is 15.0. The van der Waals surface area contributed by atoms with Gasteiger partial charge in [0.15, 0.2) is 0 Å². The minimum absolute atomic E-state index is 0.0602. The normalized spacial score (nSPS) is 12.7. The fourth-order valence-corrected chi connectivity index (χ4v) is 1.62. The summed E-state index contributed by atoms with van der Waals surface area (Å²) in [4.78, 5) is 0. The number of hydrogen-bond donors (Lipinski definition) is 1. The maximum Gasteiger partial charge on any atom is 0.119 e. The molecule has 1 unspecified atom stereocenters. The molecule has 3 heteroatoms. The summed E-state index contributed by atoms with van der Waals surface area (Å²) < 4.78 is 11.1. The quantitative estimate of drug-likeness (QED) is 0.721. The molecule has 0 aliphatic heterocycles. The Bertz CT molecular complexity index is 322. The van der Waals surface area contributed by atoms with Gasteiger partial charge in [0.25, 0.3) is 0 Å². The van der Waals surface area contributed by atoms with Crippen LogP contribution in [0.5, 0.6) is 5.75 Å². The molecule has 0 spiro atoms. The fourth-order valence-electron chi connectivity index (χ4n) is 1.62. The predicted molar refractivity (Wildman–Crippen MR) is 74.9 cm³/mol. The SMILES string of the molecule is CCCCOCC(N)c1ccc(OC(C)C)cc1. The molecule has 3 nitrogen and oxygen atoms in total. The van der Waals surface area contributed by atoms with Crippen LogP contribution >= 0.6 is 0 Å². The van der Waals surface area contributed by atoms with Gasteiger partial charge in [-0.2, -0.15) is 0 Å². The molecule has 0 aromatic heterocycles. The number of benzene rings is 1. The third-order valence-corrected chi connectivity index (χ3v) is 2.62. The molecule has 0 saturated carbocycles. The lowest BCUT2D eigenvalue weighted by atomic mass is 10.1. The molecule has 0 fully saturated rings. The van der Waals surface area contributed by atoms with E-state index in [2.05, 4.69) is 6.92 Å². The van der Waals surface area contributed by atoms with Crippen LogP contribution in [0.4, 0.5) is 0 Å². The summed E-state index contributed by atoms with van der Waals surface area (Å²) >= 11 is 0. The number of rotatable bonds is 8. The van der Waals surface area contributed by atoms with E-state index in [0.717, 1.165) is 30.8 Å². The molecule has 0 bridgehead atoms. The summed E-state index contributed by atoms with van der Waals surface area (Å²) in [6.07, 6.45) is 2.44. The number of nitrogens with two attached hydrogens (primary N) is 1. The Balaban J connectivity index is 2.41. The Morgan fingerprint density at radius 1 is 1.17 bits per heavy atom. The molecule has 1 atom stereocenters. The Kier molecular flexibility index (Phi) is 6.76. The van der Waals surface area contributed by atoms with Crippen molar-refractivity contribution in [3.05, 3.63) is 29.8 Å². The molecular formula is C15H25NO2. The largest absolute Gasteiger partial charge is 0.491 e. The lowest BCUT2D eigenvalue weighted by molar-refractivity contribution is 0.118. The van der Waals surface area contributed by atoms with Crippen LogP contribution in [0.1, 0.15) is 45.2 Å². The Labute approximate surface area is 110 Å². The molecule has 18 heavy (non-hydrogen) atoms. The van der Waals surface area contributed by atoms with Gasteiger partial charge in [-0.3, -0.25) is 0 Å². The standard InChI is InChI=1S/C15H25NO2/c1-4-5-10-17-11-15(16)13-6-8-14(9-7-13)18-12(2)3/h6-9,12,15H,4-5,10-11,16H2,1-3H3. The van der Waals surface area contributed by atoms with Gasteiger partial charge in [-0.1, -0.05) is 25.5 Å². The van der Waals surface area contributed by atoms with Crippen molar-refractivity contribution in [1.82, 2.24) is 0 Å². The van der Waals surface area contributed by atoms with Gasteiger partial charge in [-0.05, 0) is 38.0 Å². The maximum atomic E-state index is 6.06. The smallest absolute Gasteiger partial charge is 0.119 e. The summed E-state index contributed by atoms with van der Waals surface area (Å²) in [5, 5.41) is 0. The minimum Gasteiger partial charge on any atom is -0.491 e. The third-order valence-electron chi connectivity index (χ3n) is 2.62. The molecule has 0 radical (unpaired) electrons. The molecule has 102 valence electrons. The molecule has 0 heterocycles. The zero-order valence-corrected chi connectivity index (χ0v) is 11.7. The van der Waals surface area contributed by atoms with E-state index in [1.165, 1.54) is 0 Å². The van der Waals surface area contributed by atoms with Gasteiger partial charge in [0.1, 0.15) is 5.75 Å². The molecule has 2 N–H and O–H groups in total. The average molecular weight is 251 g/mol. The predicted octanol–water partition coefficient (Wildman–Crippen LogP) is 3.29. The van der Waals surface area contributed by atoms with Crippen LogP contribution in [-0.2, 0) is 4.74 Å². The first-order valence-corrected chi connectivity index (χ1v) is 6.73. The van der Waals surface area contributed by atoms with Crippen molar-refractivity contribution in [2.24, 2.45) is 5.73 Å². The van der Waals surface area contributed by atoms with Crippen LogP contribution in [0.15, 0.2) is 24.3 Å². The first-order chi connectivity index (χ1) is 8.63. The second-order valence-corrected chi connectivity index (χ2v) is 4.77. The van der Waals surface area contributed by atoms with Crippen molar-refractivity contribution < 1.29 is 9.47 Å². The van der Waals surface area contributed by atoms with Crippen molar-refractivity contribution in [2.45, 2.75) is 45.8 Å². The second-order valence-electron chi connectivity index (χ2n) is 4.77. The number of hydrogen-bond acceptors (Lipinski definition) is 3. The molecule has 0 saturated heterocycles. The van der Waals surface area contributed by atoms with E-state index < -0.39 is 0 Å². The second kappa shape index (κ2) is 8.11. The number of ether oxygens (including phenoxy) is 2. The Hall–Kier alpha value is -1.06. The van der Waals surface area contributed by atoms with E-state index in [4.69, 9.17) is 15.2 Å². The first-order valence-electron chi connectivity index (χ1n) is 6.73. The van der Waals surface area contributed by atoms with Gasteiger partial charge < -0.3 is 15.2 Å². The van der Waals surface area contributed by atoms with Crippen molar-refractivity contribution in [2.75, 3.05) is 13.2 Å². The van der Waals surface area contributed by atoms with Crippen LogP contribution in [0.25, 0.3) is 0 Å². The molecule has 1 rings (SSSR count). The highest BCUT2D eigenvalue weighted by Crippen LogP contribution is 2.17. The zero-order valence-electron chi connectivity index (χ0n) is 11.7. The van der Waals surface area contributed by atoms with E-state index in [-0.39, 0.29) is 12.1 Å². The van der Waals surface area contributed by atoms with Gasteiger partial charge in [-0.25, -0.2) is 0 Å². The van der Waals surface area contributed by atoms with Gasteiger partial charge in [0.2, 0.25) is 0 Å². The minimum atomic E-state index is -0.0602. The van der Waals surface area contributed by atoms with Crippen molar-refractivity contribution in [1.29, 1.82) is 0 Å². The van der Waals surface area contributed by atoms with Gasteiger partial charge >= 0.3 is 0 Å². The van der Waals surface area contributed by atoms with Gasteiger partial charge in [0, 0.05) is 6.61 Å². The van der Waals surface area contributed by atoms with Crippen LogP contribution in [-0.4, -0.2) is 19.3 Å². The van der Waals surface area contributed by atoms with Crippen molar-refractivity contribution in [3.8, 4) is 5.75 Å². The molecule has 1 aromatic carbocycles. The summed E-state index contributed by atoms with van der Waals surface area (Å²) in [6, 6.07) is 7.87. The third kappa shape index (κ3) is 5.52. The van der Waals surface area contributed by atoms with E-state index >= 15 is 0 Å². The van der Waals surface area contributed by atoms with Crippen LogP contribution in [0, 0.1) is 0 Å². The summed E-state index contributed by atoms with van der Waals surface area (Å²) in [5.41, 5.74) is 7.15. The highest BCUT2D eigenvalue weighted by molar-refractivity contribution is 5.29. The Morgan fingerprint density at radius 3 is 2.39 bits per heavy atom. The summed E-state index contributed by atoms with van der Waals surface area (Å²) in [6.45, 7) is 7.54. The monoisotopic (exact) mass is 251 g/mol. The van der Waals surface area contributed by atoms with Crippen LogP contribution in [0.2, 0.25) is 0 Å². The molecule has 0 aliphatic rings. The average Bonchev–Trinajstić information content (AvgIpc) is 2.34. The van der Waals surface area contributed by atoms with Crippen molar-refractivity contribution >= 4 is 0 Å². The van der Waals surface area contributed by atoms with E-state index in [1.54, 1.807) is 0 Å². The van der Waals surface area contributed by atoms with Gasteiger partial charge in [0.05, 0.1) is 18.8 Å². The highest BCUT2D eigenvalue weighted by Gasteiger charge is 2.06. The molecule has 0 amide bonds. The number of unbranched alkanes of at least 4 members (excludes halogenated alkanes) is 1. The van der Waals surface area contributed by atoms with Gasteiger partial charge in [-0.15, -0.1) is 0 Å². The van der Waals surface area contributed by atoms with E-state index in [1.807, 2.05) is 38.1 Å². The fraction of sp³-hybridized carbons (Fsp3) is 0.600. The molecule has 0 aliphatic carbocycles. The van der Waals surface area contributed by atoms with Crippen LogP contribution in [0.3, 0.4) is 0 Å². The van der Waals surface area contributed by atoms with Crippen LogP contribution < -0.4 is 10.5 Å². The van der Waals surface area contributed by atoms with E-state index in [0.29, 0.717) is 6.61 Å². The Morgan fingerprint density at radius 2 is 1.83 bits per heavy atom. The topological polar surface area (TPSA) is 44.5 Å². The summed E-state index contributed by atoms with van der Waals surface area (Å²) in [7, 11) is 0. The highest BCUT2D eigenvalue weighted by atomic mass is 16.5. The molecular weight excluding hydrogens is 226 g/mol. The lowest BCUT2D eigenvalue weighted by Gasteiger charge is -2.14. The molecule has 1 aromatic rings. The van der Waals surface area contributed by atoms with E-state index in [9.17, 15) is 0 Å².